The van der Waals surface area contributed by atoms with Crippen LogP contribution >= 0.6 is 0 Å². The van der Waals surface area contributed by atoms with Crippen molar-refractivity contribution in [3.63, 3.8) is 0 Å². The van der Waals surface area contributed by atoms with Crippen LogP contribution in [0.2, 0.25) is 0 Å². The Labute approximate surface area is 181 Å². The third-order valence-electron chi connectivity index (χ3n) is 5.27. The lowest BCUT2D eigenvalue weighted by atomic mass is 10.1. The molecule has 1 heterocycles. The molecule has 0 spiro atoms. The second kappa shape index (κ2) is 14.3. The highest BCUT2D eigenvalue weighted by Crippen LogP contribution is 2.24. The van der Waals surface area contributed by atoms with Gasteiger partial charge in [0.2, 0.25) is 0 Å². The summed E-state index contributed by atoms with van der Waals surface area (Å²) in [7, 11) is 1.64. The molecular formula is C25H38O5. The van der Waals surface area contributed by atoms with E-state index in [-0.39, 0.29) is 19.0 Å². The first kappa shape index (κ1) is 24.6. The fourth-order valence-corrected chi connectivity index (χ4v) is 3.39. The van der Waals surface area contributed by atoms with Crippen molar-refractivity contribution in [2.75, 3.05) is 26.9 Å². The lowest BCUT2D eigenvalue weighted by molar-refractivity contribution is -0.356. The Morgan fingerprint density at radius 3 is 2.03 bits per heavy atom. The summed E-state index contributed by atoms with van der Waals surface area (Å²) in [5, 5.41) is 0. The first-order valence-corrected chi connectivity index (χ1v) is 11.4. The van der Waals surface area contributed by atoms with Gasteiger partial charge in [0.15, 0.2) is 5.78 Å². The molecule has 1 aliphatic rings. The predicted molar refractivity (Wildman–Crippen MR) is 119 cm³/mol. The molecule has 0 N–H and O–H groups in total. The van der Waals surface area contributed by atoms with Crippen LogP contribution in [0, 0.1) is 0 Å². The van der Waals surface area contributed by atoms with Gasteiger partial charge in [-0.3, -0.25) is 4.79 Å². The Morgan fingerprint density at radius 2 is 1.47 bits per heavy atom. The molecule has 0 saturated carbocycles. The van der Waals surface area contributed by atoms with Gasteiger partial charge in [-0.15, -0.1) is 0 Å². The summed E-state index contributed by atoms with van der Waals surface area (Å²) in [6.45, 7) is 2.80. The van der Waals surface area contributed by atoms with Crippen LogP contribution in [-0.4, -0.2) is 38.7 Å². The van der Waals surface area contributed by atoms with Gasteiger partial charge < -0.3 is 18.9 Å². The van der Waals surface area contributed by atoms with Gasteiger partial charge in [-0.05, 0) is 24.1 Å². The third-order valence-corrected chi connectivity index (χ3v) is 5.27. The minimum absolute atomic E-state index is 0.00494. The number of methoxy groups -OCH3 is 1. The summed E-state index contributed by atoms with van der Waals surface area (Å²) in [5.41, 5.74) is 0.974. The molecule has 0 bridgehead atoms. The average Bonchev–Trinajstić information content (AvgIpc) is 2.78. The molecule has 1 saturated heterocycles. The molecule has 0 radical (unpaired) electrons. The van der Waals surface area contributed by atoms with Crippen LogP contribution in [0.25, 0.3) is 6.08 Å². The molecule has 5 nitrogen and oxygen atoms in total. The predicted octanol–water partition coefficient (Wildman–Crippen LogP) is 5.92. The number of Topliss-reactive ketones (excluding diaryl/α,β-unsaturated/α-hetero) is 1. The summed E-state index contributed by atoms with van der Waals surface area (Å²) in [5.74, 6) is -0.562. The molecule has 30 heavy (non-hydrogen) atoms. The van der Waals surface area contributed by atoms with Crippen molar-refractivity contribution in [2.24, 2.45) is 0 Å². The van der Waals surface area contributed by atoms with E-state index >= 15 is 0 Å². The van der Waals surface area contributed by atoms with Crippen LogP contribution in [-0.2, 0) is 19.0 Å². The lowest BCUT2D eigenvalue weighted by Gasteiger charge is -2.33. The smallest absolute Gasteiger partial charge is 0.305 e. The lowest BCUT2D eigenvalue weighted by Crippen LogP contribution is -2.45. The minimum atomic E-state index is -1.28. The second-order valence-corrected chi connectivity index (χ2v) is 7.86. The summed E-state index contributed by atoms with van der Waals surface area (Å²) in [4.78, 5) is 11.5. The molecule has 1 fully saturated rings. The number of hydrogen-bond acceptors (Lipinski definition) is 5. The number of ketones is 1. The number of unbranched alkanes of at least 4 members (excludes halogenated alkanes) is 9. The van der Waals surface area contributed by atoms with Gasteiger partial charge in [0, 0.05) is 6.08 Å². The van der Waals surface area contributed by atoms with Gasteiger partial charge in [-0.25, -0.2) is 0 Å². The Bertz CT molecular complexity index is 613. The third kappa shape index (κ3) is 9.41. The van der Waals surface area contributed by atoms with Crippen LogP contribution < -0.4 is 4.74 Å². The Kier molecular flexibility index (Phi) is 11.7. The van der Waals surface area contributed by atoms with Gasteiger partial charge in [-0.2, -0.15) is 0 Å². The number of carbonyl (C=O) groups is 1. The Balaban J connectivity index is 1.71. The van der Waals surface area contributed by atoms with Gasteiger partial charge in [0.1, 0.15) is 19.0 Å². The maximum absolute atomic E-state index is 11.5. The average molecular weight is 419 g/mol. The van der Waals surface area contributed by atoms with Crippen molar-refractivity contribution in [1.29, 1.82) is 0 Å². The highest BCUT2D eigenvalue weighted by atomic mass is 16.9. The zero-order valence-corrected chi connectivity index (χ0v) is 18.7. The normalized spacial score (nSPS) is 16.3. The van der Waals surface area contributed by atoms with E-state index in [4.69, 9.17) is 18.9 Å². The van der Waals surface area contributed by atoms with E-state index in [9.17, 15) is 4.79 Å². The summed E-state index contributed by atoms with van der Waals surface area (Å²) in [6, 6.07) is 7.67. The standard InChI is InChI=1S/C25H38O5/c1-3-4-5-6-7-8-9-10-11-12-19-28-25(29-20-23(26)21-30-25)18-17-22-13-15-24(27-2)16-14-22/h13-18H,3-12,19-21H2,1-2H3/b18-17+. The Hall–Kier alpha value is -1.69. The maximum Gasteiger partial charge on any atom is 0.305 e. The van der Waals surface area contributed by atoms with Crippen LogP contribution in [0.15, 0.2) is 30.3 Å². The van der Waals surface area contributed by atoms with Gasteiger partial charge >= 0.3 is 5.97 Å². The molecule has 5 heteroatoms. The SMILES string of the molecule is CCCCCCCCCCCCOC1(/C=C/c2ccc(OC)cc2)OCC(=O)CO1. The summed E-state index contributed by atoms with van der Waals surface area (Å²) in [6.07, 6.45) is 16.3. The van der Waals surface area contributed by atoms with E-state index < -0.39 is 5.97 Å². The molecule has 0 aliphatic carbocycles. The Morgan fingerprint density at radius 1 is 0.900 bits per heavy atom. The fourth-order valence-electron chi connectivity index (χ4n) is 3.39. The number of hydrogen-bond donors (Lipinski definition) is 0. The van der Waals surface area contributed by atoms with E-state index in [0.717, 1.165) is 24.2 Å². The highest BCUT2D eigenvalue weighted by Gasteiger charge is 2.36. The largest absolute Gasteiger partial charge is 0.497 e. The van der Waals surface area contributed by atoms with Crippen molar-refractivity contribution in [3.8, 4) is 5.75 Å². The molecule has 0 aromatic heterocycles. The molecule has 168 valence electrons. The van der Waals surface area contributed by atoms with Crippen LogP contribution in [0.1, 0.15) is 76.7 Å². The summed E-state index contributed by atoms with van der Waals surface area (Å²) >= 11 is 0. The number of carbonyl (C=O) groups excluding carboxylic acids is 1. The van der Waals surface area contributed by atoms with Crippen molar-refractivity contribution in [2.45, 2.75) is 77.1 Å². The first-order valence-electron chi connectivity index (χ1n) is 11.4. The molecule has 0 unspecified atom stereocenters. The van der Waals surface area contributed by atoms with Crippen molar-refractivity contribution >= 4 is 11.9 Å². The zero-order chi connectivity index (χ0) is 21.5. The quantitative estimate of drug-likeness (QED) is 0.331. The van der Waals surface area contributed by atoms with Gasteiger partial charge in [-0.1, -0.05) is 82.9 Å². The number of ether oxygens (including phenoxy) is 4. The molecule has 2 rings (SSSR count). The summed E-state index contributed by atoms with van der Waals surface area (Å²) < 4.78 is 22.4. The molecular weight excluding hydrogens is 380 g/mol. The molecule has 0 amide bonds. The molecule has 1 aliphatic heterocycles. The van der Waals surface area contributed by atoms with Gasteiger partial charge in [0.25, 0.3) is 0 Å². The fraction of sp³-hybridized carbons (Fsp3) is 0.640. The van der Waals surface area contributed by atoms with Gasteiger partial charge in [0.05, 0.1) is 13.7 Å². The van der Waals surface area contributed by atoms with E-state index in [0.29, 0.717) is 6.61 Å². The topological polar surface area (TPSA) is 54.0 Å². The minimum Gasteiger partial charge on any atom is -0.497 e. The molecule has 0 atom stereocenters. The van der Waals surface area contributed by atoms with E-state index in [1.807, 2.05) is 30.3 Å². The first-order chi connectivity index (χ1) is 14.7. The van der Waals surface area contributed by atoms with E-state index in [2.05, 4.69) is 6.92 Å². The number of benzene rings is 1. The van der Waals surface area contributed by atoms with Crippen LogP contribution in [0.4, 0.5) is 0 Å². The van der Waals surface area contributed by atoms with Crippen molar-refractivity contribution in [1.82, 2.24) is 0 Å². The van der Waals surface area contributed by atoms with E-state index in [1.165, 1.54) is 51.4 Å². The monoisotopic (exact) mass is 418 g/mol. The number of rotatable bonds is 15. The van der Waals surface area contributed by atoms with Crippen molar-refractivity contribution < 1.29 is 23.7 Å². The second-order valence-electron chi connectivity index (χ2n) is 7.86. The van der Waals surface area contributed by atoms with Crippen LogP contribution in [0.5, 0.6) is 5.75 Å². The maximum atomic E-state index is 11.5. The zero-order valence-electron chi connectivity index (χ0n) is 18.7. The van der Waals surface area contributed by atoms with E-state index in [1.54, 1.807) is 13.2 Å². The highest BCUT2D eigenvalue weighted by molar-refractivity contribution is 5.81. The molecule has 1 aromatic rings. The van der Waals surface area contributed by atoms with Crippen LogP contribution in [0.3, 0.4) is 0 Å². The molecule has 1 aromatic carbocycles. The van der Waals surface area contributed by atoms with Crippen molar-refractivity contribution in [3.05, 3.63) is 35.9 Å².